The highest BCUT2D eigenvalue weighted by Gasteiger charge is 2.40. The molecule has 4 heteroatoms. The van der Waals surface area contributed by atoms with Gasteiger partial charge in [-0.3, -0.25) is 9.69 Å². The Morgan fingerprint density at radius 3 is 2.38 bits per heavy atom. The van der Waals surface area contributed by atoms with Crippen molar-refractivity contribution in [1.29, 1.82) is 0 Å². The van der Waals surface area contributed by atoms with Crippen molar-refractivity contribution in [3.05, 3.63) is 35.9 Å². The van der Waals surface area contributed by atoms with Gasteiger partial charge in [-0.2, -0.15) is 0 Å². The maximum absolute atomic E-state index is 12.9. The molecule has 142 valence electrons. The summed E-state index contributed by atoms with van der Waals surface area (Å²) in [4.78, 5) is 15.4. The Labute approximate surface area is 157 Å². The average Bonchev–Trinajstić information content (AvgIpc) is 3.17. The number of nitrogens with zero attached hydrogens (tertiary/aromatic N) is 1. The van der Waals surface area contributed by atoms with E-state index in [-0.39, 0.29) is 11.8 Å². The lowest BCUT2D eigenvalue weighted by atomic mass is 9.65. The third-order valence-corrected chi connectivity index (χ3v) is 7.02. The monoisotopic (exact) mass is 355 g/mol. The van der Waals surface area contributed by atoms with Crippen LogP contribution in [0, 0.1) is 17.8 Å². The van der Waals surface area contributed by atoms with E-state index in [0.29, 0.717) is 23.9 Å². The van der Waals surface area contributed by atoms with Gasteiger partial charge in [-0.25, -0.2) is 0 Å². The molecule has 1 aromatic carbocycles. The van der Waals surface area contributed by atoms with Crippen LogP contribution in [0.4, 0.5) is 0 Å². The molecule has 3 atom stereocenters. The van der Waals surface area contributed by atoms with Crippen LogP contribution in [0.5, 0.6) is 0 Å². The van der Waals surface area contributed by atoms with Crippen LogP contribution >= 0.6 is 0 Å². The summed E-state index contributed by atoms with van der Waals surface area (Å²) in [7, 11) is 0. The van der Waals surface area contributed by atoms with Crippen LogP contribution in [0.1, 0.15) is 56.6 Å². The number of hydrogen-bond donors (Lipinski definition) is 2. The fraction of sp³-hybridized carbons (Fsp3) is 0.682. The number of benzene rings is 1. The normalized spacial score (nSPS) is 33.0. The SMILES string of the molecule is NC1C2CCCC1CC(C(=O)NCC(c1ccccc1)N1CCCC1)C2. The third-order valence-electron chi connectivity index (χ3n) is 7.02. The van der Waals surface area contributed by atoms with Gasteiger partial charge in [0, 0.05) is 18.5 Å². The molecule has 1 aromatic rings. The Kier molecular flexibility index (Phi) is 5.60. The van der Waals surface area contributed by atoms with Gasteiger partial charge in [-0.05, 0) is 69.0 Å². The summed E-state index contributed by atoms with van der Waals surface area (Å²) in [5.74, 6) is 1.54. The van der Waals surface area contributed by atoms with E-state index in [2.05, 4.69) is 40.5 Å². The van der Waals surface area contributed by atoms with Crippen LogP contribution in [0.15, 0.2) is 30.3 Å². The molecule has 3 aliphatic rings. The van der Waals surface area contributed by atoms with Gasteiger partial charge in [0.05, 0.1) is 6.04 Å². The van der Waals surface area contributed by atoms with Gasteiger partial charge in [0.15, 0.2) is 0 Å². The number of nitrogens with one attached hydrogen (secondary N) is 1. The second kappa shape index (κ2) is 8.10. The molecule has 1 saturated heterocycles. The Balaban J connectivity index is 1.38. The van der Waals surface area contributed by atoms with E-state index in [4.69, 9.17) is 5.73 Å². The minimum absolute atomic E-state index is 0.167. The summed E-state index contributed by atoms with van der Waals surface area (Å²) in [6.07, 6.45) is 8.22. The number of nitrogens with two attached hydrogens (primary N) is 1. The number of likely N-dealkylation sites (tertiary alicyclic amines) is 1. The van der Waals surface area contributed by atoms with Crippen molar-refractivity contribution in [3.8, 4) is 0 Å². The van der Waals surface area contributed by atoms with Gasteiger partial charge >= 0.3 is 0 Å². The molecule has 3 fully saturated rings. The predicted octanol–water partition coefficient (Wildman–Crippen LogP) is 3.09. The van der Waals surface area contributed by atoms with Gasteiger partial charge in [0.25, 0.3) is 0 Å². The summed E-state index contributed by atoms with van der Waals surface area (Å²) in [6, 6.07) is 11.3. The van der Waals surface area contributed by atoms with Crippen LogP contribution in [0.3, 0.4) is 0 Å². The third kappa shape index (κ3) is 3.81. The lowest BCUT2D eigenvalue weighted by molar-refractivity contribution is -0.128. The molecule has 2 aliphatic carbocycles. The van der Waals surface area contributed by atoms with E-state index in [9.17, 15) is 4.79 Å². The second-order valence-electron chi connectivity index (χ2n) is 8.61. The molecule has 4 rings (SSSR count). The Bertz CT molecular complexity index is 585. The van der Waals surface area contributed by atoms with Crippen LogP contribution in [-0.4, -0.2) is 36.5 Å². The molecular formula is C22H33N3O. The van der Waals surface area contributed by atoms with E-state index in [1.165, 1.54) is 37.7 Å². The molecule has 4 nitrogen and oxygen atoms in total. The zero-order valence-corrected chi connectivity index (χ0v) is 15.8. The maximum Gasteiger partial charge on any atom is 0.223 e. The zero-order valence-electron chi connectivity index (χ0n) is 15.8. The minimum Gasteiger partial charge on any atom is -0.354 e. The highest BCUT2D eigenvalue weighted by molar-refractivity contribution is 5.78. The van der Waals surface area contributed by atoms with Gasteiger partial charge in [-0.15, -0.1) is 0 Å². The molecule has 1 heterocycles. The van der Waals surface area contributed by atoms with Crippen molar-refractivity contribution in [2.45, 2.75) is 57.0 Å². The highest BCUT2D eigenvalue weighted by Crippen LogP contribution is 2.42. The standard InChI is InChI=1S/C22H33N3O/c23-21-17-9-6-10-18(21)14-19(13-17)22(26)24-15-20(25-11-4-5-12-25)16-7-2-1-3-8-16/h1-3,7-8,17-21H,4-6,9-15,23H2,(H,24,26). The van der Waals surface area contributed by atoms with Crippen LogP contribution in [0.25, 0.3) is 0 Å². The topological polar surface area (TPSA) is 58.4 Å². The van der Waals surface area contributed by atoms with E-state index >= 15 is 0 Å². The minimum atomic E-state index is 0.167. The molecule has 2 saturated carbocycles. The maximum atomic E-state index is 12.9. The van der Waals surface area contributed by atoms with Crippen LogP contribution in [-0.2, 0) is 4.79 Å². The first-order chi connectivity index (χ1) is 12.7. The van der Waals surface area contributed by atoms with Crippen LogP contribution in [0.2, 0.25) is 0 Å². The van der Waals surface area contributed by atoms with Gasteiger partial charge in [-0.1, -0.05) is 36.8 Å². The lowest BCUT2D eigenvalue weighted by Crippen LogP contribution is -2.49. The smallest absolute Gasteiger partial charge is 0.223 e. The number of carbonyl (C=O) groups excluding carboxylic acids is 1. The summed E-state index contributed by atoms with van der Waals surface area (Å²) < 4.78 is 0. The van der Waals surface area contributed by atoms with E-state index in [1.54, 1.807) is 0 Å². The molecule has 0 aromatic heterocycles. The Morgan fingerprint density at radius 1 is 1.08 bits per heavy atom. The quantitative estimate of drug-likeness (QED) is 0.853. The first kappa shape index (κ1) is 18.0. The van der Waals surface area contributed by atoms with E-state index in [0.717, 1.165) is 32.5 Å². The number of rotatable bonds is 5. The van der Waals surface area contributed by atoms with Crippen molar-refractivity contribution >= 4 is 5.91 Å². The summed E-state index contributed by atoms with van der Waals surface area (Å²) in [6.45, 7) is 3.00. The molecule has 26 heavy (non-hydrogen) atoms. The Hall–Kier alpha value is -1.39. The predicted molar refractivity (Wildman–Crippen MR) is 105 cm³/mol. The summed E-state index contributed by atoms with van der Waals surface area (Å²) >= 11 is 0. The van der Waals surface area contributed by atoms with Crippen molar-refractivity contribution in [2.24, 2.45) is 23.5 Å². The fourth-order valence-corrected chi connectivity index (χ4v) is 5.53. The van der Waals surface area contributed by atoms with Crippen LogP contribution < -0.4 is 11.1 Å². The molecule has 3 N–H and O–H groups in total. The molecule has 1 aliphatic heterocycles. The second-order valence-corrected chi connectivity index (χ2v) is 8.61. The van der Waals surface area contributed by atoms with E-state index in [1.807, 2.05) is 0 Å². The van der Waals surface area contributed by atoms with Crippen molar-refractivity contribution < 1.29 is 4.79 Å². The van der Waals surface area contributed by atoms with Crippen molar-refractivity contribution in [1.82, 2.24) is 10.2 Å². The zero-order chi connectivity index (χ0) is 17.9. The summed E-state index contributed by atoms with van der Waals surface area (Å²) in [5.41, 5.74) is 7.71. The van der Waals surface area contributed by atoms with Gasteiger partial charge in [0.1, 0.15) is 0 Å². The molecule has 2 bridgehead atoms. The number of amides is 1. The first-order valence-corrected chi connectivity index (χ1v) is 10.5. The molecule has 0 radical (unpaired) electrons. The number of fused-ring (bicyclic) bond motifs is 2. The van der Waals surface area contributed by atoms with Crippen molar-refractivity contribution in [2.75, 3.05) is 19.6 Å². The largest absolute Gasteiger partial charge is 0.354 e. The first-order valence-electron chi connectivity index (χ1n) is 10.5. The average molecular weight is 356 g/mol. The van der Waals surface area contributed by atoms with Gasteiger partial charge < -0.3 is 11.1 Å². The number of carbonyl (C=O) groups is 1. The molecule has 1 amide bonds. The van der Waals surface area contributed by atoms with Crippen molar-refractivity contribution in [3.63, 3.8) is 0 Å². The molecule has 3 unspecified atom stereocenters. The molecule has 0 spiro atoms. The fourth-order valence-electron chi connectivity index (χ4n) is 5.53. The van der Waals surface area contributed by atoms with E-state index < -0.39 is 0 Å². The highest BCUT2D eigenvalue weighted by atomic mass is 16.1. The Morgan fingerprint density at radius 2 is 1.73 bits per heavy atom. The molecular weight excluding hydrogens is 322 g/mol. The lowest BCUT2D eigenvalue weighted by Gasteiger charge is -2.43. The number of hydrogen-bond acceptors (Lipinski definition) is 3. The van der Waals surface area contributed by atoms with Gasteiger partial charge in [0.2, 0.25) is 5.91 Å². The summed E-state index contributed by atoms with van der Waals surface area (Å²) in [5, 5.41) is 3.31.